The lowest BCUT2D eigenvalue weighted by Gasteiger charge is -2.12. The van der Waals surface area contributed by atoms with Crippen LogP contribution in [0.1, 0.15) is 24.4 Å². The van der Waals surface area contributed by atoms with Crippen molar-refractivity contribution in [3.63, 3.8) is 0 Å². The van der Waals surface area contributed by atoms with Crippen LogP contribution in [0.5, 0.6) is 0 Å². The summed E-state index contributed by atoms with van der Waals surface area (Å²) in [7, 11) is 0. The fourth-order valence-electron chi connectivity index (χ4n) is 2.88. The van der Waals surface area contributed by atoms with Crippen molar-refractivity contribution in [3.05, 3.63) is 64.4 Å². The summed E-state index contributed by atoms with van der Waals surface area (Å²) in [6, 6.07) is 16.2. The highest BCUT2D eigenvalue weighted by Crippen LogP contribution is 2.36. The molecule has 6 nitrogen and oxygen atoms in total. The molecule has 7 heteroatoms. The molecule has 1 fully saturated rings. The van der Waals surface area contributed by atoms with E-state index in [1.807, 2.05) is 24.3 Å². The molecule has 1 aliphatic rings. The van der Waals surface area contributed by atoms with Crippen LogP contribution in [0.2, 0.25) is 0 Å². The van der Waals surface area contributed by atoms with Crippen LogP contribution in [-0.4, -0.2) is 21.2 Å². The largest absolute Gasteiger partial charge is 0.325 e. The first kappa shape index (κ1) is 17.3. The van der Waals surface area contributed by atoms with Crippen LogP contribution in [0.3, 0.4) is 0 Å². The minimum absolute atomic E-state index is 0.0484. The molecule has 0 unspecified atom stereocenters. The van der Waals surface area contributed by atoms with Crippen molar-refractivity contribution >= 4 is 34.3 Å². The molecule has 1 aliphatic carbocycles. The number of para-hydroxylation sites is 1. The van der Waals surface area contributed by atoms with Gasteiger partial charge >= 0.3 is 0 Å². The normalized spacial score (nSPS) is 13.3. The maximum absolute atomic E-state index is 12.8. The first-order valence-corrected chi connectivity index (χ1v) is 9.58. The number of carbonyl (C=O) groups is 1. The van der Waals surface area contributed by atoms with Crippen molar-refractivity contribution in [3.8, 4) is 6.07 Å². The summed E-state index contributed by atoms with van der Waals surface area (Å²) in [4.78, 5) is 29.7. The zero-order valence-corrected chi connectivity index (χ0v) is 15.2. The Bertz CT molecular complexity index is 1130. The summed E-state index contributed by atoms with van der Waals surface area (Å²) in [5.41, 5.74) is 1.65. The van der Waals surface area contributed by atoms with Crippen molar-refractivity contribution in [2.75, 3.05) is 11.1 Å². The lowest BCUT2D eigenvalue weighted by Crippen LogP contribution is -2.23. The van der Waals surface area contributed by atoms with Gasteiger partial charge in [0, 0.05) is 11.7 Å². The SMILES string of the molecule is N#Cc1cccc(NC(=O)CSc2nc3ccccc3c(=O)n2C2CC2)c1. The molecular formula is C20H16N4O2S. The molecule has 27 heavy (non-hydrogen) atoms. The molecule has 1 amide bonds. The number of hydrogen-bond acceptors (Lipinski definition) is 5. The van der Waals surface area contributed by atoms with E-state index in [1.165, 1.54) is 11.8 Å². The Morgan fingerprint density at radius 2 is 2.07 bits per heavy atom. The molecule has 0 radical (unpaired) electrons. The molecular weight excluding hydrogens is 360 g/mol. The zero-order chi connectivity index (χ0) is 18.8. The van der Waals surface area contributed by atoms with E-state index in [9.17, 15) is 9.59 Å². The number of benzene rings is 2. The van der Waals surface area contributed by atoms with Crippen LogP contribution < -0.4 is 10.9 Å². The quantitative estimate of drug-likeness (QED) is 0.545. The number of carbonyl (C=O) groups excluding carboxylic acids is 1. The van der Waals surface area contributed by atoms with Crippen LogP contribution in [0.25, 0.3) is 10.9 Å². The van der Waals surface area contributed by atoms with Crippen LogP contribution in [-0.2, 0) is 4.79 Å². The van der Waals surface area contributed by atoms with Gasteiger partial charge in [-0.3, -0.25) is 14.2 Å². The second-order valence-electron chi connectivity index (χ2n) is 6.35. The number of rotatable bonds is 5. The molecule has 134 valence electrons. The molecule has 1 heterocycles. The third-order valence-corrected chi connectivity index (χ3v) is 5.25. The van der Waals surface area contributed by atoms with Gasteiger partial charge in [0.25, 0.3) is 5.56 Å². The van der Waals surface area contributed by atoms with Gasteiger partial charge in [-0.1, -0.05) is 30.0 Å². The number of fused-ring (bicyclic) bond motifs is 1. The van der Waals surface area contributed by atoms with Crippen LogP contribution >= 0.6 is 11.8 Å². The summed E-state index contributed by atoms with van der Waals surface area (Å²) in [6.07, 6.45) is 1.92. The first-order valence-electron chi connectivity index (χ1n) is 8.60. The fraction of sp³-hybridized carbons (Fsp3) is 0.200. The van der Waals surface area contributed by atoms with E-state index in [0.29, 0.717) is 27.3 Å². The standard InChI is InChI=1S/C20H16N4O2S/c21-11-13-4-3-5-14(10-13)22-18(25)12-27-20-23-17-7-2-1-6-16(17)19(26)24(20)15-8-9-15/h1-7,10,15H,8-9,12H2,(H,22,25). The summed E-state index contributed by atoms with van der Waals surface area (Å²) < 4.78 is 1.72. The summed E-state index contributed by atoms with van der Waals surface area (Å²) in [5.74, 6) is -0.0753. The highest BCUT2D eigenvalue weighted by Gasteiger charge is 2.28. The van der Waals surface area contributed by atoms with Crippen molar-refractivity contribution < 1.29 is 4.79 Å². The van der Waals surface area contributed by atoms with Crippen molar-refractivity contribution in [1.82, 2.24) is 9.55 Å². The number of hydrogen-bond donors (Lipinski definition) is 1. The summed E-state index contributed by atoms with van der Waals surface area (Å²) in [5, 5.41) is 12.9. The average molecular weight is 376 g/mol. The number of thioether (sulfide) groups is 1. The van der Waals surface area contributed by atoms with E-state index < -0.39 is 0 Å². The Hall–Kier alpha value is -3.11. The molecule has 0 saturated heterocycles. The van der Waals surface area contributed by atoms with E-state index >= 15 is 0 Å². The first-order chi connectivity index (χ1) is 13.2. The number of amides is 1. The second-order valence-corrected chi connectivity index (χ2v) is 7.29. The number of aromatic nitrogens is 2. The number of anilines is 1. The Morgan fingerprint density at radius 1 is 1.26 bits per heavy atom. The summed E-state index contributed by atoms with van der Waals surface area (Å²) >= 11 is 1.26. The summed E-state index contributed by atoms with van der Waals surface area (Å²) in [6.45, 7) is 0. The van der Waals surface area contributed by atoms with Gasteiger partial charge in [-0.2, -0.15) is 5.26 Å². The Kier molecular flexibility index (Phi) is 4.65. The number of nitriles is 1. The third-order valence-electron chi connectivity index (χ3n) is 4.30. The predicted molar refractivity (Wildman–Crippen MR) is 105 cm³/mol. The van der Waals surface area contributed by atoms with Gasteiger partial charge < -0.3 is 5.32 Å². The molecule has 0 aliphatic heterocycles. The van der Waals surface area contributed by atoms with Gasteiger partial charge in [-0.15, -0.1) is 0 Å². The van der Waals surface area contributed by atoms with Crippen LogP contribution in [0.15, 0.2) is 58.5 Å². The topological polar surface area (TPSA) is 87.8 Å². The minimum Gasteiger partial charge on any atom is -0.325 e. The van der Waals surface area contributed by atoms with Gasteiger partial charge in [0.1, 0.15) is 0 Å². The number of nitrogens with zero attached hydrogens (tertiary/aromatic N) is 3. The van der Waals surface area contributed by atoms with Crippen LogP contribution in [0, 0.1) is 11.3 Å². The van der Waals surface area contributed by atoms with E-state index in [0.717, 1.165) is 12.8 Å². The van der Waals surface area contributed by atoms with E-state index in [2.05, 4.69) is 10.3 Å². The highest BCUT2D eigenvalue weighted by atomic mass is 32.2. The lowest BCUT2D eigenvalue weighted by atomic mass is 10.2. The van der Waals surface area contributed by atoms with Gasteiger partial charge in [-0.25, -0.2) is 4.98 Å². The average Bonchev–Trinajstić information content (AvgIpc) is 3.51. The Labute approximate surface area is 159 Å². The Balaban J connectivity index is 1.55. The van der Waals surface area contributed by atoms with Gasteiger partial charge in [0.05, 0.1) is 28.3 Å². The van der Waals surface area contributed by atoms with Gasteiger partial charge in [0.2, 0.25) is 5.91 Å². The van der Waals surface area contributed by atoms with Crippen molar-refractivity contribution in [1.29, 1.82) is 5.26 Å². The molecule has 2 aromatic carbocycles. The van der Waals surface area contributed by atoms with Gasteiger partial charge in [-0.05, 0) is 43.2 Å². The van der Waals surface area contributed by atoms with E-state index in [-0.39, 0.29) is 23.3 Å². The monoisotopic (exact) mass is 376 g/mol. The number of nitrogens with one attached hydrogen (secondary N) is 1. The Morgan fingerprint density at radius 3 is 2.85 bits per heavy atom. The van der Waals surface area contributed by atoms with E-state index in [4.69, 9.17) is 5.26 Å². The van der Waals surface area contributed by atoms with E-state index in [1.54, 1.807) is 34.9 Å². The molecule has 0 bridgehead atoms. The molecule has 3 aromatic rings. The maximum Gasteiger partial charge on any atom is 0.262 e. The molecule has 4 rings (SSSR count). The van der Waals surface area contributed by atoms with Crippen LogP contribution in [0.4, 0.5) is 5.69 Å². The van der Waals surface area contributed by atoms with Gasteiger partial charge in [0.15, 0.2) is 5.16 Å². The van der Waals surface area contributed by atoms with Crippen molar-refractivity contribution in [2.45, 2.75) is 24.0 Å². The molecule has 1 N–H and O–H groups in total. The lowest BCUT2D eigenvalue weighted by molar-refractivity contribution is -0.113. The molecule has 0 spiro atoms. The molecule has 0 atom stereocenters. The smallest absolute Gasteiger partial charge is 0.262 e. The highest BCUT2D eigenvalue weighted by molar-refractivity contribution is 7.99. The third kappa shape index (κ3) is 3.71. The second kappa shape index (κ2) is 7.25. The molecule has 1 aromatic heterocycles. The van der Waals surface area contributed by atoms with Crippen molar-refractivity contribution in [2.24, 2.45) is 0 Å². The zero-order valence-electron chi connectivity index (χ0n) is 14.4. The predicted octanol–water partition coefficient (Wildman–Crippen LogP) is 3.33. The fourth-order valence-corrected chi connectivity index (χ4v) is 3.74. The molecule has 1 saturated carbocycles. The maximum atomic E-state index is 12.8. The minimum atomic E-state index is -0.208.